The van der Waals surface area contributed by atoms with Crippen molar-refractivity contribution in [3.8, 4) is 5.75 Å². The predicted octanol–water partition coefficient (Wildman–Crippen LogP) is 3.33. The minimum Gasteiger partial charge on any atom is -0.496 e. The first-order chi connectivity index (χ1) is 9.02. The Morgan fingerprint density at radius 2 is 2.05 bits per heavy atom. The maximum absolute atomic E-state index is 10.0. The zero-order valence-electron chi connectivity index (χ0n) is 12.5. The Balaban J connectivity index is 3.04. The fourth-order valence-corrected chi connectivity index (χ4v) is 2.73. The summed E-state index contributed by atoms with van der Waals surface area (Å²) < 4.78 is 5.37. The van der Waals surface area contributed by atoms with Gasteiger partial charge in [-0.25, -0.2) is 0 Å². The van der Waals surface area contributed by atoms with Crippen molar-refractivity contribution < 1.29 is 9.84 Å². The molecule has 0 aliphatic rings. The molecule has 0 saturated heterocycles. The summed E-state index contributed by atoms with van der Waals surface area (Å²) in [5, 5.41) is 10.0. The number of hydrogen-bond donors (Lipinski definition) is 1. The highest BCUT2D eigenvalue weighted by Gasteiger charge is 2.19. The Morgan fingerprint density at radius 1 is 1.37 bits per heavy atom. The molecule has 1 aromatic rings. The van der Waals surface area contributed by atoms with Crippen LogP contribution in [0.5, 0.6) is 5.75 Å². The Kier molecular flexibility index (Phi) is 6.52. The van der Waals surface area contributed by atoms with E-state index in [-0.39, 0.29) is 0 Å². The minimum absolute atomic E-state index is 0.428. The molecule has 0 aliphatic heterocycles. The molecule has 1 aromatic carbocycles. The van der Waals surface area contributed by atoms with Gasteiger partial charge in [0.15, 0.2) is 0 Å². The average Bonchev–Trinajstić information content (AvgIpc) is 2.42. The number of ether oxygens (including phenoxy) is 1. The average molecular weight is 283 g/mol. The van der Waals surface area contributed by atoms with Crippen molar-refractivity contribution in [2.75, 3.05) is 31.1 Å². The van der Waals surface area contributed by atoms with Crippen LogP contribution in [0.1, 0.15) is 31.9 Å². The molecule has 2 atom stereocenters. The first kappa shape index (κ1) is 16.2. The fourth-order valence-electron chi connectivity index (χ4n) is 2.16. The van der Waals surface area contributed by atoms with Gasteiger partial charge in [0.1, 0.15) is 5.75 Å². The first-order valence-electron chi connectivity index (χ1n) is 6.59. The molecule has 0 saturated carbocycles. The summed E-state index contributed by atoms with van der Waals surface area (Å²) in [6, 6.07) is 6.33. The Labute approximate surface area is 121 Å². The molecule has 1 N–H and O–H groups in total. The Hall–Kier alpha value is -0.870. The number of hydrogen-bond acceptors (Lipinski definition) is 4. The van der Waals surface area contributed by atoms with Crippen LogP contribution in [0.25, 0.3) is 0 Å². The summed E-state index contributed by atoms with van der Waals surface area (Å²) in [6.07, 6.45) is 2.70. The van der Waals surface area contributed by atoms with E-state index < -0.39 is 6.10 Å². The maximum atomic E-state index is 10.0. The Bertz CT molecular complexity index is 396. The fraction of sp³-hybridized carbons (Fsp3) is 0.600. The van der Waals surface area contributed by atoms with Gasteiger partial charge in [0, 0.05) is 24.3 Å². The minimum atomic E-state index is -0.540. The number of nitrogens with zero attached hydrogens (tertiary/aromatic N) is 1. The van der Waals surface area contributed by atoms with E-state index in [1.165, 1.54) is 0 Å². The molecule has 0 spiro atoms. The highest BCUT2D eigenvalue weighted by Crippen LogP contribution is 2.35. The highest BCUT2D eigenvalue weighted by molar-refractivity contribution is 7.98. The molecule has 0 fully saturated rings. The summed E-state index contributed by atoms with van der Waals surface area (Å²) >= 11 is 1.86. The molecule has 19 heavy (non-hydrogen) atoms. The molecular formula is C15H25NO2S. The van der Waals surface area contributed by atoms with Gasteiger partial charge in [0.2, 0.25) is 0 Å². The van der Waals surface area contributed by atoms with Crippen LogP contribution >= 0.6 is 11.8 Å². The number of anilines is 1. The maximum Gasteiger partial charge on any atom is 0.126 e. The van der Waals surface area contributed by atoms with Gasteiger partial charge in [-0.1, -0.05) is 6.07 Å². The van der Waals surface area contributed by atoms with Gasteiger partial charge in [-0.15, -0.1) is 0 Å². The van der Waals surface area contributed by atoms with Gasteiger partial charge in [-0.3, -0.25) is 0 Å². The van der Waals surface area contributed by atoms with Crippen molar-refractivity contribution in [1.29, 1.82) is 0 Å². The number of rotatable bonds is 7. The lowest BCUT2D eigenvalue weighted by atomic mass is 10.0. The van der Waals surface area contributed by atoms with E-state index >= 15 is 0 Å². The van der Waals surface area contributed by atoms with E-state index in [9.17, 15) is 5.11 Å². The van der Waals surface area contributed by atoms with E-state index in [4.69, 9.17) is 4.74 Å². The van der Waals surface area contributed by atoms with Crippen molar-refractivity contribution in [3.05, 3.63) is 23.8 Å². The van der Waals surface area contributed by atoms with Crippen molar-refractivity contribution >= 4 is 17.4 Å². The van der Waals surface area contributed by atoms with Crippen LogP contribution in [0, 0.1) is 0 Å². The quantitative estimate of drug-likeness (QED) is 0.832. The van der Waals surface area contributed by atoms with Crippen molar-refractivity contribution in [2.24, 2.45) is 0 Å². The van der Waals surface area contributed by atoms with Gasteiger partial charge in [-0.05, 0) is 44.4 Å². The number of benzene rings is 1. The molecule has 4 heteroatoms. The molecule has 108 valence electrons. The van der Waals surface area contributed by atoms with Crippen LogP contribution in [0.2, 0.25) is 0 Å². The van der Waals surface area contributed by atoms with Gasteiger partial charge in [0.25, 0.3) is 0 Å². The van der Waals surface area contributed by atoms with Gasteiger partial charge in [-0.2, -0.15) is 11.8 Å². The summed E-state index contributed by atoms with van der Waals surface area (Å²) in [5.74, 6) is 1.89. The van der Waals surface area contributed by atoms with Crippen LogP contribution in [-0.4, -0.2) is 37.3 Å². The third-order valence-corrected chi connectivity index (χ3v) is 4.11. The lowest BCUT2D eigenvalue weighted by Crippen LogP contribution is -2.30. The molecule has 1 rings (SSSR count). The number of methoxy groups -OCH3 is 1. The molecule has 3 nitrogen and oxygen atoms in total. The lowest BCUT2D eigenvalue weighted by Gasteiger charge is -2.30. The van der Waals surface area contributed by atoms with Crippen molar-refractivity contribution in [2.45, 2.75) is 32.4 Å². The van der Waals surface area contributed by atoms with E-state index in [0.717, 1.165) is 29.2 Å². The smallest absolute Gasteiger partial charge is 0.126 e. The zero-order valence-corrected chi connectivity index (χ0v) is 13.3. The second kappa shape index (κ2) is 7.65. The molecule has 0 heterocycles. The van der Waals surface area contributed by atoms with Gasteiger partial charge < -0.3 is 14.7 Å². The Morgan fingerprint density at radius 3 is 2.58 bits per heavy atom. The van der Waals surface area contributed by atoms with E-state index in [0.29, 0.717) is 6.04 Å². The lowest BCUT2D eigenvalue weighted by molar-refractivity contribution is 0.194. The number of aliphatic hydroxyl groups is 1. The third-order valence-electron chi connectivity index (χ3n) is 3.46. The summed E-state index contributed by atoms with van der Waals surface area (Å²) in [4.78, 5) is 2.22. The topological polar surface area (TPSA) is 32.7 Å². The second-order valence-corrected chi connectivity index (χ2v) is 5.80. The predicted molar refractivity (Wildman–Crippen MR) is 84.5 cm³/mol. The van der Waals surface area contributed by atoms with Crippen molar-refractivity contribution in [3.63, 3.8) is 0 Å². The van der Waals surface area contributed by atoms with E-state index in [1.54, 1.807) is 14.0 Å². The van der Waals surface area contributed by atoms with Crippen molar-refractivity contribution in [1.82, 2.24) is 0 Å². The van der Waals surface area contributed by atoms with Crippen LogP contribution in [0.4, 0.5) is 5.69 Å². The van der Waals surface area contributed by atoms with E-state index in [1.807, 2.05) is 30.0 Å². The zero-order chi connectivity index (χ0) is 14.4. The molecule has 0 aliphatic carbocycles. The summed E-state index contributed by atoms with van der Waals surface area (Å²) in [7, 11) is 3.72. The first-order valence-corrected chi connectivity index (χ1v) is 7.99. The SMILES string of the molecule is COc1cccc(N(C)C(C)CCSC)c1[C@@H](C)O. The molecular weight excluding hydrogens is 258 g/mol. The molecule has 0 amide bonds. The highest BCUT2D eigenvalue weighted by atomic mass is 32.2. The third kappa shape index (κ3) is 4.05. The van der Waals surface area contributed by atoms with Gasteiger partial charge >= 0.3 is 0 Å². The molecule has 1 unspecified atom stereocenters. The largest absolute Gasteiger partial charge is 0.496 e. The molecule has 0 aromatic heterocycles. The summed E-state index contributed by atoms with van der Waals surface area (Å²) in [5.41, 5.74) is 1.91. The number of aliphatic hydroxyl groups excluding tert-OH is 1. The number of thioether (sulfide) groups is 1. The van der Waals surface area contributed by atoms with Crippen LogP contribution < -0.4 is 9.64 Å². The monoisotopic (exact) mass is 283 g/mol. The molecule has 0 radical (unpaired) electrons. The standard InChI is InChI=1S/C15H25NO2S/c1-11(9-10-19-5)16(3)13-7-6-8-14(18-4)15(13)12(2)17/h6-8,11-12,17H,9-10H2,1-5H3/t11?,12-/m1/s1. The van der Waals surface area contributed by atoms with Gasteiger partial charge in [0.05, 0.1) is 13.2 Å². The van der Waals surface area contributed by atoms with E-state index in [2.05, 4.69) is 25.1 Å². The normalized spacial score (nSPS) is 14.0. The summed E-state index contributed by atoms with van der Waals surface area (Å²) in [6.45, 7) is 3.99. The van der Waals surface area contributed by atoms with Crippen LogP contribution in [-0.2, 0) is 0 Å². The van der Waals surface area contributed by atoms with Crippen LogP contribution in [0.3, 0.4) is 0 Å². The molecule has 0 bridgehead atoms. The van der Waals surface area contributed by atoms with Crippen LogP contribution in [0.15, 0.2) is 18.2 Å². The second-order valence-electron chi connectivity index (χ2n) is 4.81.